The van der Waals surface area contributed by atoms with E-state index in [-0.39, 0.29) is 5.56 Å². The Labute approximate surface area is 161 Å². The molecule has 1 saturated heterocycles. The van der Waals surface area contributed by atoms with Gasteiger partial charge in [0.05, 0.1) is 30.1 Å². The van der Waals surface area contributed by atoms with Crippen molar-refractivity contribution in [2.24, 2.45) is 0 Å². The Bertz CT molecular complexity index is 1040. The number of methoxy groups -OCH3 is 1. The van der Waals surface area contributed by atoms with E-state index in [2.05, 4.69) is 29.7 Å². The summed E-state index contributed by atoms with van der Waals surface area (Å²) in [7, 11) is 1.32. The summed E-state index contributed by atoms with van der Waals surface area (Å²) in [5, 5.41) is 0.447. The van der Waals surface area contributed by atoms with E-state index in [1.54, 1.807) is 36.7 Å². The summed E-state index contributed by atoms with van der Waals surface area (Å²) in [6.45, 7) is 3.74. The normalized spacial score (nSPS) is 15.0. The van der Waals surface area contributed by atoms with E-state index in [1.165, 1.54) is 7.11 Å². The molecule has 28 heavy (non-hydrogen) atoms. The van der Waals surface area contributed by atoms with Crippen LogP contribution in [0.15, 0.2) is 41.5 Å². The van der Waals surface area contributed by atoms with Gasteiger partial charge in [-0.2, -0.15) is 0 Å². The van der Waals surface area contributed by atoms with Crippen molar-refractivity contribution < 1.29 is 9.53 Å². The Morgan fingerprint density at radius 2 is 1.93 bits per heavy atom. The molecular weight excluding hydrogens is 360 g/mol. The summed E-state index contributed by atoms with van der Waals surface area (Å²) in [6, 6.07) is 6.54. The minimum atomic E-state index is -0.454. The fourth-order valence-corrected chi connectivity index (χ4v) is 3.28. The highest BCUT2D eigenvalue weighted by atomic mass is 16.5. The fourth-order valence-electron chi connectivity index (χ4n) is 3.28. The molecule has 9 nitrogen and oxygen atoms in total. The number of anilines is 1. The maximum absolute atomic E-state index is 12.4. The van der Waals surface area contributed by atoms with E-state index in [0.717, 1.165) is 32.1 Å². The van der Waals surface area contributed by atoms with E-state index in [0.29, 0.717) is 28.8 Å². The number of hydrogen-bond donors (Lipinski definition) is 1. The molecule has 0 unspecified atom stereocenters. The molecule has 0 bridgehead atoms. The van der Waals surface area contributed by atoms with Gasteiger partial charge in [0.25, 0.3) is 5.56 Å². The van der Waals surface area contributed by atoms with Crippen molar-refractivity contribution in [3.05, 3.63) is 58.4 Å². The van der Waals surface area contributed by atoms with Crippen molar-refractivity contribution in [2.75, 3.05) is 38.2 Å². The van der Waals surface area contributed by atoms with Gasteiger partial charge in [-0.05, 0) is 24.3 Å². The minimum absolute atomic E-state index is 0.215. The lowest BCUT2D eigenvalue weighted by atomic mass is 10.1. The number of aromatic nitrogens is 4. The molecule has 1 aliphatic rings. The average molecular weight is 380 g/mol. The molecule has 1 N–H and O–H groups in total. The van der Waals surface area contributed by atoms with Crippen molar-refractivity contribution in [1.29, 1.82) is 0 Å². The molecule has 0 aliphatic carbocycles. The highest BCUT2D eigenvalue weighted by molar-refractivity contribution is 5.93. The smallest absolute Gasteiger partial charge is 0.337 e. The highest BCUT2D eigenvalue weighted by Gasteiger charge is 2.20. The maximum atomic E-state index is 12.4. The number of carbonyl (C=O) groups is 1. The van der Waals surface area contributed by atoms with Gasteiger partial charge in [-0.15, -0.1) is 0 Å². The van der Waals surface area contributed by atoms with Crippen LogP contribution in [0.3, 0.4) is 0 Å². The van der Waals surface area contributed by atoms with Crippen molar-refractivity contribution in [2.45, 2.75) is 6.54 Å². The largest absolute Gasteiger partial charge is 0.465 e. The van der Waals surface area contributed by atoms with Crippen LogP contribution in [0.2, 0.25) is 0 Å². The van der Waals surface area contributed by atoms with E-state index < -0.39 is 5.97 Å². The third-order valence-corrected chi connectivity index (χ3v) is 4.76. The first kappa shape index (κ1) is 18.1. The number of fused-ring (bicyclic) bond motifs is 1. The van der Waals surface area contributed by atoms with Crippen LogP contribution in [-0.2, 0) is 11.3 Å². The fraction of sp³-hybridized carbons (Fsp3) is 0.316. The molecule has 1 fully saturated rings. The summed E-state index contributed by atoms with van der Waals surface area (Å²) in [4.78, 5) is 44.4. The summed E-state index contributed by atoms with van der Waals surface area (Å²) >= 11 is 0. The van der Waals surface area contributed by atoms with Gasteiger partial charge in [0.15, 0.2) is 0 Å². The third kappa shape index (κ3) is 3.70. The number of nitrogens with one attached hydrogen (secondary N) is 1. The third-order valence-electron chi connectivity index (χ3n) is 4.76. The first-order valence-electron chi connectivity index (χ1n) is 8.99. The molecule has 144 valence electrons. The number of ether oxygens (including phenoxy) is 1. The van der Waals surface area contributed by atoms with E-state index in [4.69, 9.17) is 4.74 Å². The lowest BCUT2D eigenvalue weighted by Gasteiger charge is -2.34. The van der Waals surface area contributed by atoms with Gasteiger partial charge in [0.2, 0.25) is 5.95 Å². The zero-order chi connectivity index (χ0) is 19.5. The number of piperazine rings is 1. The minimum Gasteiger partial charge on any atom is -0.465 e. The molecule has 2 aromatic heterocycles. The topological polar surface area (TPSA) is 104 Å². The molecule has 0 atom stereocenters. The first-order chi connectivity index (χ1) is 13.6. The number of carbonyl (C=O) groups excluding carboxylic acids is 1. The van der Waals surface area contributed by atoms with E-state index in [1.807, 2.05) is 0 Å². The predicted octanol–water partition coefficient (Wildman–Crippen LogP) is 0.822. The van der Waals surface area contributed by atoms with Crippen LogP contribution in [-0.4, -0.2) is 64.1 Å². The van der Waals surface area contributed by atoms with Crippen LogP contribution in [0, 0.1) is 0 Å². The second-order valence-corrected chi connectivity index (χ2v) is 6.55. The monoisotopic (exact) mass is 380 g/mol. The first-order valence-corrected chi connectivity index (χ1v) is 8.99. The SMILES string of the molecule is COC(=O)c1ccc2c(=O)[nH]c(CN3CCN(c4ncccn4)CC3)nc2c1. The number of benzene rings is 1. The van der Waals surface area contributed by atoms with Crippen LogP contribution < -0.4 is 10.5 Å². The van der Waals surface area contributed by atoms with E-state index >= 15 is 0 Å². The summed E-state index contributed by atoms with van der Waals surface area (Å²) in [5.41, 5.74) is 0.640. The van der Waals surface area contributed by atoms with Gasteiger partial charge in [-0.1, -0.05) is 0 Å². The molecule has 0 amide bonds. The van der Waals surface area contributed by atoms with Crippen molar-refractivity contribution in [3.8, 4) is 0 Å². The van der Waals surface area contributed by atoms with Gasteiger partial charge < -0.3 is 14.6 Å². The van der Waals surface area contributed by atoms with Crippen LogP contribution in [0.25, 0.3) is 10.9 Å². The molecule has 0 radical (unpaired) electrons. The van der Waals surface area contributed by atoms with Gasteiger partial charge >= 0.3 is 5.97 Å². The molecule has 9 heteroatoms. The molecule has 3 heterocycles. The van der Waals surface area contributed by atoms with Gasteiger partial charge in [-0.3, -0.25) is 9.69 Å². The Kier molecular flexibility index (Phi) is 4.98. The Morgan fingerprint density at radius 1 is 1.18 bits per heavy atom. The number of hydrogen-bond acceptors (Lipinski definition) is 8. The van der Waals surface area contributed by atoms with Crippen LogP contribution in [0.5, 0.6) is 0 Å². The summed E-state index contributed by atoms with van der Waals surface area (Å²) < 4.78 is 4.74. The van der Waals surface area contributed by atoms with Crippen molar-refractivity contribution in [1.82, 2.24) is 24.8 Å². The molecule has 3 aromatic rings. The zero-order valence-corrected chi connectivity index (χ0v) is 15.5. The quantitative estimate of drug-likeness (QED) is 0.664. The summed E-state index contributed by atoms with van der Waals surface area (Å²) in [5.74, 6) is 0.850. The Hall–Kier alpha value is -3.33. The van der Waals surface area contributed by atoms with Crippen LogP contribution >= 0.6 is 0 Å². The number of rotatable bonds is 4. The van der Waals surface area contributed by atoms with Crippen molar-refractivity contribution in [3.63, 3.8) is 0 Å². The second-order valence-electron chi connectivity index (χ2n) is 6.55. The van der Waals surface area contributed by atoms with Gasteiger partial charge in [0, 0.05) is 38.6 Å². The molecule has 1 aliphatic heterocycles. The van der Waals surface area contributed by atoms with Gasteiger partial charge in [0.1, 0.15) is 5.82 Å². The van der Waals surface area contributed by atoms with Crippen molar-refractivity contribution >= 4 is 22.8 Å². The Balaban J connectivity index is 1.49. The second kappa shape index (κ2) is 7.73. The average Bonchev–Trinajstić information content (AvgIpc) is 2.74. The predicted molar refractivity (Wildman–Crippen MR) is 103 cm³/mol. The maximum Gasteiger partial charge on any atom is 0.337 e. The molecule has 0 saturated carbocycles. The lowest BCUT2D eigenvalue weighted by molar-refractivity contribution is 0.0601. The lowest BCUT2D eigenvalue weighted by Crippen LogP contribution is -2.46. The molecular formula is C19H20N6O3. The number of aromatic amines is 1. The van der Waals surface area contributed by atoms with Gasteiger partial charge in [-0.25, -0.2) is 19.7 Å². The van der Waals surface area contributed by atoms with Crippen LogP contribution in [0.4, 0.5) is 5.95 Å². The summed E-state index contributed by atoms with van der Waals surface area (Å²) in [6.07, 6.45) is 3.47. The Morgan fingerprint density at radius 3 is 2.64 bits per heavy atom. The molecule has 4 rings (SSSR count). The number of H-pyrrole nitrogens is 1. The standard InChI is InChI=1S/C19H20N6O3/c1-28-18(27)13-3-4-14-15(11-13)22-16(23-17(14)26)12-24-7-9-25(10-8-24)19-20-5-2-6-21-19/h2-6,11H,7-10,12H2,1H3,(H,22,23,26). The molecule has 0 spiro atoms. The highest BCUT2D eigenvalue weighted by Crippen LogP contribution is 2.14. The number of esters is 1. The number of nitrogens with zero attached hydrogens (tertiary/aromatic N) is 5. The zero-order valence-electron chi connectivity index (χ0n) is 15.5. The van der Waals surface area contributed by atoms with E-state index in [9.17, 15) is 9.59 Å². The molecule has 1 aromatic carbocycles. The van der Waals surface area contributed by atoms with Crippen LogP contribution in [0.1, 0.15) is 16.2 Å².